The number of hydrogen-bond donors (Lipinski definition) is 1. The topological polar surface area (TPSA) is 68.6 Å². The summed E-state index contributed by atoms with van der Waals surface area (Å²) < 4.78 is 5.75. The molecular weight excluding hydrogens is 352 g/mol. The summed E-state index contributed by atoms with van der Waals surface area (Å²) in [6, 6.07) is 16.9. The molecule has 0 aliphatic carbocycles. The van der Waals surface area contributed by atoms with E-state index < -0.39 is 0 Å². The highest BCUT2D eigenvalue weighted by Gasteiger charge is 2.26. The molecular formula is C22H26N4O2. The van der Waals surface area contributed by atoms with E-state index in [0.717, 1.165) is 37.6 Å². The van der Waals surface area contributed by atoms with Gasteiger partial charge in [0.15, 0.2) is 0 Å². The SMILES string of the molecule is CCOc1ccccc1N1CCN([C@H](C)C(=O)Nc2ccc(C#N)cc2)CC1. The van der Waals surface area contributed by atoms with Crippen molar-refractivity contribution in [3.63, 3.8) is 0 Å². The molecule has 2 aromatic carbocycles. The Morgan fingerprint density at radius 2 is 1.82 bits per heavy atom. The van der Waals surface area contributed by atoms with Gasteiger partial charge in [0.1, 0.15) is 5.75 Å². The van der Waals surface area contributed by atoms with Crippen molar-refractivity contribution in [2.24, 2.45) is 0 Å². The van der Waals surface area contributed by atoms with E-state index in [1.54, 1.807) is 24.3 Å². The zero-order valence-corrected chi connectivity index (χ0v) is 16.4. The molecule has 3 rings (SSSR count). The van der Waals surface area contributed by atoms with E-state index in [1.807, 2.05) is 32.0 Å². The van der Waals surface area contributed by atoms with Gasteiger partial charge in [0.25, 0.3) is 0 Å². The Labute approximate surface area is 166 Å². The summed E-state index contributed by atoms with van der Waals surface area (Å²) in [4.78, 5) is 17.1. The summed E-state index contributed by atoms with van der Waals surface area (Å²) in [5.41, 5.74) is 2.40. The minimum absolute atomic E-state index is 0.0344. The summed E-state index contributed by atoms with van der Waals surface area (Å²) in [5, 5.41) is 11.8. The molecule has 1 fully saturated rings. The molecule has 1 aliphatic heterocycles. The molecule has 0 radical (unpaired) electrons. The molecule has 146 valence electrons. The van der Waals surface area contributed by atoms with Crippen molar-refractivity contribution in [1.29, 1.82) is 5.26 Å². The van der Waals surface area contributed by atoms with Gasteiger partial charge in [-0.1, -0.05) is 12.1 Å². The second-order valence-electron chi connectivity index (χ2n) is 6.78. The fourth-order valence-electron chi connectivity index (χ4n) is 3.39. The van der Waals surface area contributed by atoms with E-state index in [2.05, 4.69) is 27.3 Å². The van der Waals surface area contributed by atoms with Gasteiger partial charge in [0, 0.05) is 31.9 Å². The average molecular weight is 378 g/mol. The second-order valence-corrected chi connectivity index (χ2v) is 6.78. The number of hydrogen-bond acceptors (Lipinski definition) is 5. The van der Waals surface area contributed by atoms with Gasteiger partial charge in [-0.3, -0.25) is 9.69 Å². The van der Waals surface area contributed by atoms with Gasteiger partial charge in [-0.05, 0) is 50.2 Å². The zero-order valence-electron chi connectivity index (χ0n) is 16.4. The number of nitrogens with zero attached hydrogens (tertiary/aromatic N) is 3. The number of carbonyl (C=O) groups is 1. The lowest BCUT2D eigenvalue weighted by Gasteiger charge is -2.39. The highest BCUT2D eigenvalue weighted by molar-refractivity contribution is 5.94. The van der Waals surface area contributed by atoms with Crippen LogP contribution >= 0.6 is 0 Å². The van der Waals surface area contributed by atoms with Crippen molar-refractivity contribution in [3.8, 4) is 11.8 Å². The largest absolute Gasteiger partial charge is 0.492 e. The van der Waals surface area contributed by atoms with Crippen LogP contribution < -0.4 is 15.0 Å². The molecule has 6 heteroatoms. The predicted octanol–water partition coefficient (Wildman–Crippen LogP) is 3.11. The first-order chi connectivity index (χ1) is 13.6. The summed E-state index contributed by atoms with van der Waals surface area (Å²) in [6.07, 6.45) is 0. The highest BCUT2D eigenvalue weighted by atomic mass is 16.5. The normalized spacial score (nSPS) is 15.5. The molecule has 1 N–H and O–H groups in total. The molecule has 0 saturated carbocycles. The van der Waals surface area contributed by atoms with Crippen LogP contribution in [0.5, 0.6) is 5.75 Å². The molecule has 0 bridgehead atoms. The van der Waals surface area contributed by atoms with Crippen LogP contribution in [0.1, 0.15) is 19.4 Å². The van der Waals surface area contributed by atoms with Gasteiger partial charge in [-0.15, -0.1) is 0 Å². The third-order valence-corrected chi connectivity index (χ3v) is 5.03. The first-order valence-electron chi connectivity index (χ1n) is 9.64. The van der Waals surface area contributed by atoms with Crippen LogP contribution in [0, 0.1) is 11.3 Å². The molecule has 1 amide bonds. The Balaban J connectivity index is 1.56. The second kappa shape index (κ2) is 9.25. The molecule has 1 heterocycles. The number of piperazine rings is 1. The quantitative estimate of drug-likeness (QED) is 0.836. The van der Waals surface area contributed by atoms with E-state index in [-0.39, 0.29) is 11.9 Å². The molecule has 0 unspecified atom stereocenters. The Morgan fingerprint density at radius 3 is 2.46 bits per heavy atom. The maximum Gasteiger partial charge on any atom is 0.241 e. The van der Waals surface area contributed by atoms with Crippen LogP contribution in [-0.2, 0) is 4.79 Å². The number of ether oxygens (including phenoxy) is 1. The van der Waals surface area contributed by atoms with Gasteiger partial charge >= 0.3 is 0 Å². The first kappa shape index (κ1) is 19.7. The maximum atomic E-state index is 12.6. The Hall–Kier alpha value is -3.04. The Morgan fingerprint density at radius 1 is 1.14 bits per heavy atom. The number of carbonyl (C=O) groups excluding carboxylic acids is 1. The number of anilines is 2. The van der Waals surface area contributed by atoms with E-state index >= 15 is 0 Å². The van der Waals surface area contributed by atoms with Gasteiger partial charge in [-0.25, -0.2) is 0 Å². The van der Waals surface area contributed by atoms with Crippen LogP contribution in [0.3, 0.4) is 0 Å². The molecule has 2 aromatic rings. The molecule has 0 spiro atoms. The van der Waals surface area contributed by atoms with Gasteiger partial charge in [0.2, 0.25) is 5.91 Å². The fraction of sp³-hybridized carbons (Fsp3) is 0.364. The monoisotopic (exact) mass is 378 g/mol. The molecule has 0 aromatic heterocycles. The molecule has 1 aliphatic rings. The lowest BCUT2D eigenvalue weighted by atomic mass is 10.1. The van der Waals surface area contributed by atoms with Crippen LogP contribution in [0.4, 0.5) is 11.4 Å². The lowest BCUT2D eigenvalue weighted by molar-refractivity contribution is -0.120. The Kier molecular flexibility index (Phi) is 6.51. The first-order valence-corrected chi connectivity index (χ1v) is 9.64. The van der Waals surface area contributed by atoms with E-state index in [1.165, 1.54) is 0 Å². The zero-order chi connectivity index (χ0) is 19.9. The van der Waals surface area contributed by atoms with Crippen molar-refractivity contribution in [1.82, 2.24) is 4.90 Å². The number of nitriles is 1. The third kappa shape index (κ3) is 4.62. The van der Waals surface area contributed by atoms with Crippen molar-refractivity contribution >= 4 is 17.3 Å². The smallest absolute Gasteiger partial charge is 0.241 e. The number of rotatable bonds is 6. The third-order valence-electron chi connectivity index (χ3n) is 5.03. The van der Waals surface area contributed by atoms with Crippen LogP contribution in [-0.4, -0.2) is 49.6 Å². The molecule has 1 saturated heterocycles. The average Bonchev–Trinajstić information content (AvgIpc) is 2.74. The summed E-state index contributed by atoms with van der Waals surface area (Å²) in [5.74, 6) is 0.873. The summed E-state index contributed by atoms with van der Waals surface area (Å²) in [6.45, 7) is 7.87. The maximum absolute atomic E-state index is 12.6. The fourth-order valence-corrected chi connectivity index (χ4v) is 3.39. The highest BCUT2D eigenvalue weighted by Crippen LogP contribution is 2.29. The van der Waals surface area contributed by atoms with Crippen molar-refractivity contribution < 1.29 is 9.53 Å². The number of amides is 1. The van der Waals surface area contributed by atoms with Crippen LogP contribution in [0.25, 0.3) is 0 Å². The predicted molar refractivity (Wildman–Crippen MR) is 111 cm³/mol. The van der Waals surface area contributed by atoms with Gasteiger partial charge < -0.3 is 15.0 Å². The van der Waals surface area contributed by atoms with Gasteiger partial charge in [-0.2, -0.15) is 5.26 Å². The Bertz CT molecular complexity index is 836. The molecule has 6 nitrogen and oxygen atoms in total. The summed E-state index contributed by atoms with van der Waals surface area (Å²) >= 11 is 0. The standard InChI is InChI=1S/C22H26N4O2/c1-3-28-21-7-5-4-6-20(21)26-14-12-25(13-15-26)17(2)22(27)24-19-10-8-18(16-23)9-11-19/h4-11,17H,3,12-15H2,1-2H3,(H,24,27)/t17-/m1/s1. The van der Waals surface area contributed by atoms with E-state index in [4.69, 9.17) is 10.00 Å². The van der Waals surface area contributed by atoms with Gasteiger partial charge in [0.05, 0.1) is 30.0 Å². The minimum atomic E-state index is -0.222. The van der Waals surface area contributed by atoms with E-state index in [0.29, 0.717) is 17.9 Å². The lowest BCUT2D eigenvalue weighted by Crippen LogP contribution is -2.52. The number of benzene rings is 2. The van der Waals surface area contributed by atoms with Crippen LogP contribution in [0.2, 0.25) is 0 Å². The number of nitrogens with one attached hydrogen (secondary N) is 1. The van der Waals surface area contributed by atoms with Crippen molar-refractivity contribution in [3.05, 3.63) is 54.1 Å². The molecule has 28 heavy (non-hydrogen) atoms. The van der Waals surface area contributed by atoms with Crippen molar-refractivity contribution in [2.45, 2.75) is 19.9 Å². The number of para-hydroxylation sites is 2. The van der Waals surface area contributed by atoms with Crippen molar-refractivity contribution in [2.75, 3.05) is 43.0 Å². The minimum Gasteiger partial charge on any atom is -0.492 e. The van der Waals surface area contributed by atoms with E-state index in [9.17, 15) is 4.79 Å². The summed E-state index contributed by atoms with van der Waals surface area (Å²) in [7, 11) is 0. The van der Waals surface area contributed by atoms with Crippen LogP contribution in [0.15, 0.2) is 48.5 Å². The molecule has 1 atom stereocenters.